The van der Waals surface area contributed by atoms with E-state index in [1.165, 1.54) is 0 Å². The minimum absolute atomic E-state index is 0.171. The number of hydrogen-bond donors (Lipinski definition) is 1. The number of ether oxygens (including phenoxy) is 4. The molecule has 7 rings (SSSR count). The molecule has 11 nitrogen and oxygen atoms in total. The van der Waals surface area contributed by atoms with Crippen LogP contribution < -0.4 is 9.47 Å². The molecule has 4 aromatic rings. The van der Waals surface area contributed by atoms with E-state index in [0.717, 1.165) is 16.7 Å². The second kappa shape index (κ2) is 18.2. The summed E-state index contributed by atoms with van der Waals surface area (Å²) in [6.45, 7) is 7.40. The Morgan fingerprint density at radius 2 is 1.47 bits per heavy atom. The molecular weight excluding hydrogens is 757 g/mol. The van der Waals surface area contributed by atoms with Gasteiger partial charge in [0.25, 0.3) is 0 Å². The lowest BCUT2D eigenvalue weighted by Gasteiger charge is -2.54. The molecule has 3 aliphatic rings. The SMILES string of the molecule is C=C(C)[C@@H]1CC2(CCN(S(=O)(=O)C3CCN(C(=O)OCc4ccccc4)CC3)CC2)[C@@H](Cc2ccccc2)O[C@H]1c1cc(Oc2ccccc2)ccc1OCC(=O)O. The summed E-state index contributed by atoms with van der Waals surface area (Å²) in [5.41, 5.74) is 3.21. The highest BCUT2D eigenvalue weighted by molar-refractivity contribution is 7.89. The first kappa shape index (κ1) is 41.0. The summed E-state index contributed by atoms with van der Waals surface area (Å²) in [5.74, 6) is 0.334. The number of benzene rings is 4. The van der Waals surface area contributed by atoms with Gasteiger partial charge in [0.15, 0.2) is 6.61 Å². The molecule has 0 radical (unpaired) electrons. The number of carboxylic acid groups (broad SMARTS) is 1. The van der Waals surface area contributed by atoms with Crippen LogP contribution in [0.5, 0.6) is 17.2 Å². The molecule has 12 heteroatoms. The van der Waals surface area contributed by atoms with Crippen LogP contribution in [0.3, 0.4) is 0 Å². The quantitative estimate of drug-likeness (QED) is 0.132. The van der Waals surface area contributed by atoms with Crippen LogP contribution in [0.2, 0.25) is 0 Å². The molecule has 3 heterocycles. The summed E-state index contributed by atoms with van der Waals surface area (Å²) < 4.78 is 54.8. The third-order valence-electron chi connectivity index (χ3n) is 11.9. The number of carbonyl (C=O) groups is 2. The molecule has 0 saturated carbocycles. The minimum Gasteiger partial charge on any atom is -0.482 e. The van der Waals surface area contributed by atoms with Crippen molar-refractivity contribution in [3.8, 4) is 17.2 Å². The van der Waals surface area contributed by atoms with Crippen molar-refractivity contribution in [1.82, 2.24) is 9.21 Å². The number of sulfonamides is 1. The van der Waals surface area contributed by atoms with Crippen LogP contribution in [0.1, 0.15) is 61.8 Å². The van der Waals surface area contributed by atoms with E-state index in [4.69, 9.17) is 18.9 Å². The highest BCUT2D eigenvalue weighted by Crippen LogP contribution is 2.55. The van der Waals surface area contributed by atoms with Crippen molar-refractivity contribution < 1.29 is 42.1 Å². The van der Waals surface area contributed by atoms with Crippen LogP contribution in [0, 0.1) is 11.3 Å². The van der Waals surface area contributed by atoms with Gasteiger partial charge in [0.2, 0.25) is 10.0 Å². The Balaban J connectivity index is 1.09. The maximum absolute atomic E-state index is 14.2. The van der Waals surface area contributed by atoms with Crippen molar-refractivity contribution in [2.45, 2.75) is 69.5 Å². The summed E-state index contributed by atoms with van der Waals surface area (Å²) in [4.78, 5) is 26.1. The Bertz CT molecular complexity index is 2130. The van der Waals surface area contributed by atoms with E-state index in [2.05, 4.69) is 18.7 Å². The molecule has 0 bridgehead atoms. The van der Waals surface area contributed by atoms with Gasteiger partial charge in [-0.05, 0) is 86.9 Å². The Hall–Kier alpha value is -5.17. The van der Waals surface area contributed by atoms with Crippen molar-refractivity contribution >= 4 is 22.1 Å². The van der Waals surface area contributed by atoms with Gasteiger partial charge in [-0.2, -0.15) is 0 Å². The van der Waals surface area contributed by atoms with Crippen molar-refractivity contribution in [3.05, 3.63) is 138 Å². The van der Waals surface area contributed by atoms with E-state index in [1.54, 1.807) is 21.3 Å². The van der Waals surface area contributed by atoms with E-state index in [9.17, 15) is 23.1 Å². The number of likely N-dealkylation sites (tertiary alicyclic amines) is 1. The van der Waals surface area contributed by atoms with Crippen molar-refractivity contribution in [2.75, 3.05) is 32.8 Å². The number of rotatable bonds is 13. The Labute approximate surface area is 341 Å². The molecule has 3 atom stereocenters. The molecule has 1 spiro atoms. The normalized spacial score (nSPS) is 21.3. The fraction of sp³-hybridized carbons (Fsp3) is 0.391. The zero-order valence-electron chi connectivity index (χ0n) is 32.9. The fourth-order valence-electron chi connectivity index (χ4n) is 8.69. The first-order valence-electron chi connectivity index (χ1n) is 20.0. The molecule has 3 aliphatic heterocycles. The molecule has 1 N–H and O–H groups in total. The standard InChI is InChI=1S/C46H52N2O9S/c1-33(2)40-30-46(22-26-48(27-23-46)58(52,53)38-20-24-47(25-21-38)45(51)55-31-35-14-8-4-9-15-35)42(28-34-12-6-3-7-13-34)57-44(40)39-29-37(56-36-16-10-5-11-17-36)18-19-41(39)54-32-43(49)50/h3-19,29,38,40,42,44H,1,20-28,30-32H2,2H3,(H,49,50)/t40-,42+,44-/m0/s1. The first-order chi connectivity index (χ1) is 28.0. The fourth-order valence-corrected chi connectivity index (χ4v) is 10.6. The summed E-state index contributed by atoms with van der Waals surface area (Å²) in [5, 5.41) is 8.95. The number of para-hydroxylation sites is 1. The summed E-state index contributed by atoms with van der Waals surface area (Å²) in [7, 11) is -3.64. The predicted molar refractivity (Wildman–Crippen MR) is 220 cm³/mol. The third kappa shape index (κ3) is 9.57. The first-order valence-corrected chi connectivity index (χ1v) is 21.5. The van der Waals surface area contributed by atoms with Crippen LogP contribution in [0.25, 0.3) is 0 Å². The van der Waals surface area contributed by atoms with Gasteiger partial charge in [-0.3, -0.25) is 0 Å². The Morgan fingerprint density at radius 1 is 0.845 bits per heavy atom. The lowest BCUT2D eigenvalue weighted by atomic mass is 9.63. The second-order valence-corrected chi connectivity index (χ2v) is 17.9. The van der Waals surface area contributed by atoms with Crippen LogP contribution in [-0.4, -0.2) is 78.9 Å². The molecule has 3 saturated heterocycles. The summed E-state index contributed by atoms with van der Waals surface area (Å²) in [6.07, 6.45) is 1.95. The Morgan fingerprint density at radius 3 is 2.09 bits per heavy atom. The average molecular weight is 809 g/mol. The van der Waals surface area contributed by atoms with Crippen molar-refractivity contribution in [2.24, 2.45) is 11.3 Å². The zero-order valence-corrected chi connectivity index (χ0v) is 33.7. The maximum atomic E-state index is 14.2. The number of amides is 1. The largest absolute Gasteiger partial charge is 0.482 e. The number of carbonyl (C=O) groups excluding carboxylic acids is 1. The van der Waals surface area contributed by atoms with Gasteiger partial charge >= 0.3 is 12.1 Å². The molecular formula is C46H52N2O9S. The number of nitrogens with zero attached hydrogens (tertiary/aromatic N) is 2. The molecule has 0 aliphatic carbocycles. The second-order valence-electron chi connectivity index (χ2n) is 15.7. The zero-order chi connectivity index (χ0) is 40.7. The van der Waals surface area contributed by atoms with Crippen LogP contribution in [0.4, 0.5) is 4.79 Å². The highest BCUT2D eigenvalue weighted by atomic mass is 32.2. The molecule has 0 aromatic heterocycles. The Kier molecular flexibility index (Phi) is 12.9. The smallest absolute Gasteiger partial charge is 0.410 e. The van der Waals surface area contributed by atoms with E-state index in [-0.39, 0.29) is 24.0 Å². The monoisotopic (exact) mass is 808 g/mol. The number of aliphatic carboxylic acids is 1. The van der Waals surface area contributed by atoms with E-state index < -0.39 is 40.0 Å². The van der Waals surface area contributed by atoms with Gasteiger partial charge < -0.3 is 29.0 Å². The van der Waals surface area contributed by atoms with Gasteiger partial charge in [-0.15, -0.1) is 0 Å². The van der Waals surface area contributed by atoms with Crippen molar-refractivity contribution in [3.63, 3.8) is 0 Å². The number of carboxylic acids is 1. The van der Waals surface area contributed by atoms with E-state index in [0.29, 0.717) is 87.5 Å². The lowest BCUT2D eigenvalue weighted by Crippen LogP contribution is -2.55. The summed E-state index contributed by atoms with van der Waals surface area (Å²) >= 11 is 0. The van der Waals surface area contributed by atoms with Crippen LogP contribution >= 0.6 is 0 Å². The van der Waals surface area contributed by atoms with E-state index in [1.807, 2.05) is 91.9 Å². The maximum Gasteiger partial charge on any atom is 0.410 e. The minimum atomic E-state index is -3.64. The lowest BCUT2D eigenvalue weighted by molar-refractivity contribution is -0.166. The predicted octanol–water partition coefficient (Wildman–Crippen LogP) is 8.42. The molecule has 0 unspecified atom stereocenters. The summed E-state index contributed by atoms with van der Waals surface area (Å²) in [6, 6.07) is 34.4. The average Bonchev–Trinajstić information content (AvgIpc) is 3.24. The van der Waals surface area contributed by atoms with Crippen LogP contribution in [-0.2, 0) is 37.3 Å². The van der Waals surface area contributed by atoms with E-state index >= 15 is 0 Å². The molecule has 58 heavy (non-hydrogen) atoms. The van der Waals surface area contributed by atoms with Crippen molar-refractivity contribution in [1.29, 1.82) is 0 Å². The molecule has 306 valence electrons. The molecule has 3 fully saturated rings. The van der Waals surface area contributed by atoms with Gasteiger partial charge in [0.05, 0.1) is 17.5 Å². The molecule has 1 amide bonds. The van der Waals surface area contributed by atoms with Crippen LogP contribution in [0.15, 0.2) is 121 Å². The van der Waals surface area contributed by atoms with Gasteiger partial charge in [0, 0.05) is 43.1 Å². The van der Waals surface area contributed by atoms with Gasteiger partial charge in [0.1, 0.15) is 23.9 Å². The number of piperidine rings is 2. The molecule has 4 aromatic carbocycles. The number of hydrogen-bond acceptors (Lipinski definition) is 8. The van der Waals surface area contributed by atoms with Gasteiger partial charge in [-0.1, -0.05) is 91.0 Å². The topological polar surface area (TPSA) is 132 Å². The van der Waals surface area contributed by atoms with Gasteiger partial charge in [-0.25, -0.2) is 22.3 Å². The highest BCUT2D eigenvalue weighted by Gasteiger charge is 2.52. The third-order valence-corrected chi connectivity index (χ3v) is 14.3.